The highest BCUT2D eigenvalue weighted by Crippen LogP contribution is 2.26. The molecule has 0 spiro atoms. The summed E-state index contributed by atoms with van der Waals surface area (Å²) >= 11 is 6.12. The van der Waals surface area contributed by atoms with Crippen LogP contribution in [0.25, 0.3) is 17.1 Å². The van der Waals surface area contributed by atoms with Gasteiger partial charge in [-0.2, -0.15) is 5.10 Å². The summed E-state index contributed by atoms with van der Waals surface area (Å²) in [6.07, 6.45) is 4.28. The Morgan fingerprint density at radius 2 is 2.00 bits per heavy atom. The lowest BCUT2D eigenvalue weighted by Gasteiger charge is -2.25. The van der Waals surface area contributed by atoms with Crippen molar-refractivity contribution in [2.45, 2.75) is 37.8 Å². The van der Waals surface area contributed by atoms with E-state index in [2.05, 4.69) is 10.4 Å². The molecule has 0 atom stereocenters. The normalized spacial score (nSPS) is 19.8. The van der Waals surface area contributed by atoms with Gasteiger partial charge in [0.2, 0.25) is 0 Å². The molecule has 4 rings (SSSR count). The summed E-state index contributed by atoms with van der Waals surface area (Å²) in [4.78, 5) is 12.7. The molecule has 1 amide bonds. The van der Waals surface area contributed by atoms with Crippen LogP contribution in [-0.2, 0) is 0 Å². The molecule has 6 nitrogen and oxygen atoms in total. The molecule has 7 heteroatoms. The van der Waals surface area contributed by atoms with E-state index in [1.165, 1.54) is 0 Å². The fourth-order valence-corrected chi connectivity index (χ4v) is 3.56. The van der Waals surface area contributed by atoms with Gasteiger partial charge in [0.15, 0.2) is 11.5 Å². The van der Waals surface area contributed by atoms with Crippen LogP contribution in [0.3, 0.4) is 0 Å². The van der Waals surface area contributed by atoms with Crippen LogP contribution in [0.15, 0.2) is 53.1 Å². The van der Waals surface area contributed by atoms with E-state index < -0.39 is 0 Å². The highest BCUT2D eigenvalue weighted by Gasteiger charge is 2.24. The number of amides is 1. The first-order valence-electron chi connectivity index (χ1n) is 8.99. The lowest BCUT2D eigenvalue weighted by atomic mass is 9.93. The van der Waals surface area contributed by atoms with Gasteiger partial charge < -0.3 is 14.8 Å². The molecule has 0 unspecified atom stereocenters. The van der Waals surface area contributed by atoms with Gasteiger partial charge in [-0.15, -0.1) is 0 Å². The molecular weight excluding hydrogens is 366 g/mol. The number of carbonyl (C=O) groups excluding carboxylic acids is 1. The number of hydrogen-bond donors (Lipinski definition) is 2. The molecule has 0 radical (unpaired) electrons. The van der Waals surface area contributed by atoms with Crippen LogP contribution in [0.2, 0.25) is 5.02 Å². The molecule has 1 aliphatic carbocycles. The van der Waals surface area contributed by atoms with E-state index in [9.17, 15) is 9.90 Å². The number of nitrogens with zero attached hydrogens (tertiary/aromatic N) is 2. The van der Waals surface area contributed by atoms with E-state index in [-0.39, 0.29) is 18.1 Å². The van der Waals surface area contributed by atoms with Crippen LogP contribution < -0.4 is 5.32 Å². The first-order chi connectivity index (χ1) is 13.1. The standard InChI is InChI=1S/C20H20ClN3O3/c21-13-3-1-4-15(11-13)24-18(19-5-2-10-27-19)12-17(23-24)20(26)22-14-6-8-16(25)9-7-14/h1-5,10-12,14,16,25H,6-9H2,(H,22,26). The Morgan fingerprint density at radius 3 is 2.70 bits per heavy atom. The molecule has 140 valence electrons. The van der Waals surface area contributed by atoms with E-state index in [4.69, 9.17) is 16.0 Å². The average Bonchev–Trinajstić information content (AvgIpc) is 3.33. The topological polar surface area (TPSA) is 80.3 Å². The number of hydrogen-bond acceptors (Lipinski definition) is 4. The van der Waals surface area contributed by atoms with Crippen LogP contribution >= 0.6 is 11.6 Å². The molecule has 27 heavy (non-hydrogen) atoms. The van der Waals surface area contributed by atoms with E-state index in [1.807, 2.05) is 18.2 Å². The summed E-state index contributed by atoms with van der Waals surface area (Å²) in [5.41, 5.74) is 1.73. The zero-order valence-corrected chi connectivity index (χ0v) is 15.4. The Morgan fingerprint density at radius 1 is 1.19 bits per heavy atom. The third kappa shape index (κ3) is 3.91. The summed E-state index contributed by atoms with van der Waals surface area (Å²) in [7, 11) is 0. The third-order valence-electron chi connectivity index (χ3n) is 4.80. The Kier molecular flexibility index (Phi) is 5.01. The Labute approximate surface area is 161 Å². The zero-order chi connectivity index (χ0) is 18.8. The molecule has 1 aliphatic rings. The van der Waals surface area contributed by atoms with Crippen molar-refractivity contribution in [2.24, 2.45) is 0 Å². The molecule has 0 bridgehead atoms. The minimum atomic E-state index is -0.259. The van der Waals surface area contributed by atoms with E-state index >= 15 is 0 Å². The predicted molar refractivity (Wildman–Crippen MR) is 102 cm³/mol. The van der Waals surface area contributed by atoms with Crippen molar-refractivity contribution in [3.8, 4) is 17.1 Å². The van der Waals surface area contributed by atoms with Crippen molar-refractivity contribution in [1.29, 1.82) is 0 Å². The van der Waals surface area contributed by atoms with Crippen LogP contribution in [0.5, 0.6) is 0 Å². The number of nitrogens with one attached hydrogen (secondary N) is 1. The van der Waals surface area contributed by atoms with Gasteiger partial charge in [-0.05, 0) is 56.0 Å². The number of aliphatic hydroxyl groups excluding tert-OH is 1. The maximum atomic E-state index is 12.7. The quantitative estimate of drug-likeness (QED) is 0.715. The third-order valence-corrected chi connectivity index (χ3v) is 5.04. The highest BCUT2D eigenvalue weighted by molar-refractivity contribution is 6.30. The zero-order valence-electron chi connectivity index (χ0n) is 14.6. The largest absolute Gasteiger partial charge is 0.463 e. The Balaban J connectivity index is 1.64. The smallest absolute Gasteiger partial charge is 0.272 e. The minimum Gasteiger partial charge on any atom is -0.463 e. The maximum Gasteiger partial charge on any atom is 0.272 e. The van der Waals surface area contributed by atoms with Crippen molar-refractivity contribution < 1.29 is 14.3 Å². The second kappa shape index (κ2) is 7.58. The van der Waals surface area contributed by atoms with Crippen molar-refractivity contribution in [3.63, 3.8) is 0 Å². The number of benzene rings is 1. The molecule has 0 saturated heterocycles. The average molecular weight is 386 g/mol. The van der Waals surface area contributed by atoms with Crippen molar-refractivity contribution >= 4 is 17.5 Å². The van der Waals surface area contributed by atoms with Gasteiger partial charge in [0, 0.05) is 17.1 Å². The first-order valence-corrected chi connectivity index (χ1v) is 9.37. The number of aliphatic hydroxyl groups is 1. The second-order valence-corrected chi connectivity index (χ2v) is 7.20. The maximum absolute atomic E-state index is 12.7. The van der Waals surface area contributed by atoms with Gasteiger partial charge in [-0.1, -0.05) is 17.7 Å². The SMILES string of the molecule is O=C(NC1CCC(O)CC1)c1cc(-c2ccco2)n(-c2cccc(Cl)c2)n1. The molecule has 1 fully saturated rings. The summed E-state index contributed by atoms with van der Waals surface area (Å²) in [5, 5.41) is 17.7. The predicted octanol–water partition coefficient (Wildman–Crippen LogP) is 3.82. The lowest BCUT2D eigenvalue weighted by molar-refractivity contribution is 0.0863. The molecule has 1 saturated carbocycles. The van der Waals surface area contributed by atoms with E-state index in [0.717, 1.165) is 18.5 Å². The molecule has 0 aliphatic heterocycles. The van der Waals surface area contributed by atoms with Gasteiger partial charge in [-0.25, -0.2) is 4.68 Å². The monoisotopic (exact) mass is 385 g/mol. The van der Waals surface area contributed by atoms with Crippen molar-refractivity contribution in [3.05, 3.63) is 59.4 Å². The van der Waals surface area contributed by atoms with Crippen LogP contribution in [0, 0.1) is 0 Å². The Hall–Kier alpha value is -2.57. The minimum absolute atomic E-state index is 0.0595. The van der Waals surface area contributed by atoms with Gasteiger partial charge >= 0.3 is 0 Å². The van der Waals surface area contributed by atoms with E-state index in [0.29, 0.717) is 35.0 Å². The number of halogens is 1. The van der Waals surface area contributed by atoms with Gasteiger partial charge in [0.25, 0.3) is 5.91 Å². The molecule has 2 aromatic heterocycles. The van der Waals surface area contributed by atoms with E-state index in [1.54, 1.807) is 35.2 Å². The van der Waals surface area contributed by atoms with Crippen LogP contribution in [-0.4, -0.2) is 32.9 Å². The second-order valence-electron chi connectivity index (χ2n) is 6.76. The number of aromatic nitrogens is 2. The lowest BCUT2D eigenvalue weighted by Crippen LogP contribution is -2.38. The number of carbonyl (C=O) groups is 1. The summed E-state index contributed by atoms with van der Waals surface area (Å²) in [6, 6.07) is 12.7. The fraction of sp³-hybridized carbons (Fsp3) is 0.300. The van der Waals surface area contributed by atoms with Gasteiger partial charge in [-0.3, -0.25) is 4.79 Å². The highest BCUT2D eigenvalue weighted by atomic mass is 35.5. The molecular formula is C20H20ClN3O3. The fourth-order valence-electron chi connectivity index (χ4n) is 3.38. The number of rotatable bonds is 4. The van der Waals surface area contributed by atoms with Gasteiger partial charge in [0.05, 0.1) is 18.1 Å². The van der Waals surface area contributed by atoms with Crippen molar-refractivity contribution in [1.82, 2.24) is 15.1 Å². The molecule has 3 aromatic rings. The number of furan rings is 1. The van der Waals surface area contributed by atoms with Crippen molar-refractivity contribution in [2.75, 3.05) is 0 Å². The Bertz CT molecular complexity index is 928. The molecule has 1 aromatic carbocycles. The van der Waals surface area contributed by atoms with Crippen LogP contribution in [0.4, 0.5) is 0 Å². The summed E-state index contributed by atoms with van der Waals surface area (Å²) in [5.74, 6) is 0.382. The molecule has 2 heterocycles. The van der Waals surface area contributed by atoms with Crippen LogP contribution in [0.1, 0.15) is 36.2 Å². The molecule has 2 N–H and O–H groups in total. The summed E-state index contributed by atoms with van der Waals surface area (Å²) < 4.78 is 7.17. The van der Waals surface area contributed by atoms with Gasteiger partial charge in [0.1, 0.15) is 5.69 Å². The summed E-state index contributed by atoms with van der Waals surface area (Å²) in [6.45, 7) is 0. The first kappa shape index (κ1) is 17.8.